The fourth-order valence-electron chi connectivity index (χ4n) is 18.3. The summed E-state index contributed by atoms with van der Waals surface area (Å²) in [7, 11) is 0. The van der Waals surface area contributed by atoms with Gasteiger partial charge in [0, 0.05) is 95.8 Å². The summed E-state index contributed by atoms with van der Waals surface area (Å²) in [6.07, 6.45) is 0. The molecule has 0 saturated heterocycles. The number of rotatable bonds is 10. The topological polar surface area (TPSA) is 21.1 Å². The Morgan fingerprint density at radius 3 is 1.05 bits per heavy atom. The Labute approximate surface area is 647 Å². The molecule has 0 amide bonds. The van der Waals surface area contributed by atoms with Gasteiger partial charge in [0.25, 0.3) is 13.4 Å². The number of benzene rings is 15. The molecular weight excluding hydrogens is 1330 g/mol. The van der Waals surface area contributed by atoms with Crippen molar-refractivity contribution in [2.75, 3.05) is 24.5 Å². The predicted octanol–water partition coefficient (Wildman–Crippen LogP) is 23.6. The summed E-state index contributed by atoms with van der Waals surface area (Å²) < 4.78 is 2.58. The van der Waals surface area contributed by atoms with E-state index < -0.39 is 0 Å². The Morgan fingerprint density at radius 2 is 0.609 bits per heavy atom. The maximum absolute atomic E-state index is 2.71. The van der Waals surface area contributed by atoms with Crippen molar-refractivity contribution in [2.24, 2.45) is 0 Å². The van der Waals surface area contributed by atoms with E-state index in [1.54, 1.807) is 0 Å². The van der Waals surface area contributed by atoms with Crippen LogP contribution in [0.3, 0.4) is 0 Å². The molecule has 0 atom stereocenters. The molecule has 16 aromatic rings. The van der Waals surface area contributed by atoms with Crippen LogP contribution in [0.25, 0.3) is 49.7 Å². The van der Waals surface area contributed by atoms with Crippen molar-refractivity contribution >= 4 is 153 Å². The summed E-state index contributed by atoms with van der Waals surface area (Å²) in [6.45, 7) is 20.5. The average molecular weight is 1420 g/mol. The molecule has 4 aliphatic heterocycles. The quantitative estimate of drug-likeness (QED) is 0.127. The number of para-hydroxylation sites is 7. The minimum absolute atomic E-state index is 0.0724. The van der Waals surface area contributed by atoms with Gasteiger partial charge in [-0.25, -0.2) is 0 Å². The highest BCUT2D eigenvalue weighted by molar-refractivity contribution is 7.03. The summed E-state index contributed by atoms with van der Waals surface area (Å²) in [6, 6.07) is 131. The van der Waals surface area contributed by atoms with Crippen LogP contribution in [0, 0.1) is 0 Å². The van der Waals surface area contributed by atoms with E-state index in [9.17, 15) is 0 Å². The molecule has 1 aromatic heterocycles. The maximum atomic E-state index is 2.71. The second-order valence-electron chi connectivity index (χ2n) is 33.3. The number of hydrogen-bond acceptors (Lipinski definition) is 5. The summed E-state index contributed by atoms with van der Waals surface area (Å²) in [5, 5.41) is 2.51. The van der Waals surface area contributed by atoms with E-state index in [0.29, 0.717) is 0 Å². The van der Waals surface area contributed by atoms with Gasteiger partial charge in [-0.2, -0.15) is 0 Å². The average Bonchev–Trinajstić information content (AvgIpc) is 0.994. The Bertz CT molecular complexity index is 6130. The second kappa shape index (κ2) is 25.4. The van der Waals surface area contributed by atoms with E-state index >= 15 is 0 Å². The SMILES string of the molecule is CC(C)(C)c1ccc(N2c3cc4c(cc3B3c5ccccc5N(c5ccccc5)c5cc(-n6c7ccc(C(C)(C)C)cc7c7cc(C(C)(C)C)ccc76)cc2c53)B2c3ccccc3N(c3ccccc3)c3cc(N(c5ccccc5)c5ccccc5)cc(c32)N4c2c(-c3ccccc3)cccc2-c2ccccc2)cc1. The fourth-order valence-corrected chi connectivity index (χ4v) is 18.3. The molecule has 0 spiro atoms. The molecule has 0 unspecified atom stereocenters. The fraction of sp³-hybridized carbons (Fsp3) is 0.118. The van der Waals surface area contributed by atoms with Crippen LogP contribution in [0.1, 0.15) is 79.0 Å². The van der Waals surface area contributed by atoms with Gasteiger partial charge in [0.2, 0.25) is 0 Å². The standard InChI is InChI=1S/C102H84B2N6/c1-100(2,3)69-51-55-76(56-52-69)108-91-66-92-86(65-85(91)103-83-47-28-30-49-89(83)107(75-43-26-15-27-44-75)94-63-78(64-95(108)97(94)103)109-87-57-53-70(101(4,5)6)59-81(87)82-60-71(102(7,8)9)54-58-88(82)109)104-84-48-29-31-50-90(84)106(74-41-24-14-25-42-74)93-61-77(105(72-37-20-12-21-38-72)73-39-22-13-23-40-73)62-96(98(93)104)110(92)99-79(67-33-16-10-17-34-67)45-32-46-80(99)68-35-18-11-19-36-68/h10-66H,1-9H3. The molecule has 20 rings (SSSR count). The lowest BCUT2D eigenvalue weighted by Gasteiger charge is -2.48. The van der Waals surface area contributed by atoms with Crippen molar-refractivity contribution in [3.8, 4) is 27.9 Å². The third-order valence-electron chi connectivity index (χ3n) is 23.5. The van der Waals surface area contributed by atoms with E-state index in [-0.39, 0.29) is 29.7 Å². The van der Waals surface area contributed by atoms with Gasteiger partial charge in [-0.1, -0.05) is 281 Å². The Morgan fingerprint density at radius 1 is 0.245 bits per heavy atom. The van der Waals surface area contributed by atoms with E-state index in [1.807, 2.05) is 0 Å². The Kier molecular flexibility index (Phi) is 15.4. The number of nitrogens with zero attached hydrogens (tertiary/aromatic N) is 6. The van der Waals surface area contributed by atoms with Crippen LogP contribution in [0.2, 0.25) is 0 Å². The predicted molar refractivity (Wildman–Crippen MR) is 470 cm³/mol. The smallest absolute Gasteiger partial charge is 0.252 e. The van der Waals surface area contributed by atoms with Crippen molar-refractivity contribution in [1.82, 2.24) is 4.57 Å². The normalized spacial score (nSPS) is 13.4. The molecule has 0 saturated carbocycles. The van der Waals surface area contributed by atoms with Crippen molar-refractivity contribution in [1.29, 1.82) is 0 Å². The first-order valence-corrected chi connectivity index (χ1v) is 38.9. The van der Waals surface area contributed by atoms with Crippen LogP contribution in [0.15, 0.2) is 346 Å². The summed E-state index contributed by atoms with van der Waals surface area (Å²) in [4.78, 5) is 12.9. The number of aromatic nitrogens is 1. The molecule has 528 valence electrons. The summed E-state index contributed by atoms with van der Waals surface area (Å²) in [5.41, 5.74) is 35.6. The molecule has 5 heterocycles. The maximum Gasteiger partial charge on any atom is 0.252 e. The monoisotopic (exact) mass is 1410 g/mol. The largest absolute Gasteiger partial charge is 0.311 e. The molecule has 8 heteroatoms. The molecule has 4 aliphatic rings. The van der Waals surface area contributed by atoms with Gasteiger partial charge in [0.1, 0.15) is 0 Å². The van der Waals surface area contributed by atoms with E-state index in [0.717, 1.165) is 113 Å². The van der Waals surface area contributed by atoms with Crippen molar-refractivity contribution in [2.45, 2.75) is 78.6 Å². The van der Waals surface area contributed by atoms with Gasteiger partial charge in [-0.05, 0) is 204 Å². The van der Waals surface area contributed by atoms with Crippen molar-refractivity contribution in [3.63, 3.8) is 0 Å². The molecule has 15 aromatic carbocycles. The minimum Gasteiger partial charge on any atom is -0.311 e. The van der Waals surface area contributed by atoms with Crippen LogP contribution >= 0.6 is 0 Å². The zero-order chi connectivity index (χ0) is 74.5. The van der Waals surface area contributed by atoms with Crippen molar-refractivity contribution < 1.29 is 0 Å². The molecule has 6 nitrogen and oxygen atoms in total. The molecule has 0 bridgehead atoms. The van der Waals surface area contributed by atoms with Gasteiger partial charge < -0.3 is 29.1 Å². The number of fused-ring (bicyclic) bond motifs is 11. The highest BCUT2D eigenvalue weighted by atomic mass is 15.2. The molecule has 0 aliphatic carbocycles. The van der Waals surface area contributed by atoms with Gasteiger partial charge in [0.05, 0.1) is 28.1 Å². The lowest BCUT2D eigenvalue weighted by molar-refractivity contribution is 0.590. The van der Waals surface area contributed by atoms with Crippen LogP contribution in [0.4, 0.5) is 85.3 Å². The third kappa shape index (κ3) is 10.7. The van der Waals surface area contributed by atoms with Crippen molar-refractivity contribution in [3.05, 3.63) is 362 Å². The molecule has 0 fully saturated rings. The summed E-state index contributed by atoms with van der Waals surface area (Å²) in [5.74, 6) is 0. The zero-order valence-electron chi connectivity index (χ0n) is 63.7. The van der Waals surface area contributed by atoms with Gasteiger partial charge in [0.15, 0.2) is 0 Å². The lowest BCUT2D eigenvalue weighted by Crippen LogP contribution is -2.65. The molecule has 0 N–H and O–H groups in total. The Hall–Kier alpha value is -12.8. The molecule has 110 heavy (non-hydrogen) atoms. The first-order chi connectivity index (χ1) is 53.5. The number of anilines is 15. The molecular formula is C102H84B2N6. The molecule has 0 radical (unpaired) electrons. The van der Waals surface area contributed by atoms with Crippen LogP contribution in [-0.4, -0.2) is 18.0 Å². The van der Waals surface area contributed by atoms with E-state index in [2.05, 4.69) is 437 Å². The van der Waals surface area contributed by atoms with E-state index in [1.165, 1.54) is 71.3 Å². The first-order valence-electron chi connectivity index (χ1n) is 38.9. The number of hydrogen-bond donors (Lipinski definition) is 0. The third-order valence-corrected chi connectivity index (χ3v) is 23.5. The van der Waals surface area contributed by atoms with Crippen LogP contribution in [0.5, 0.6) is 0 Å². The summed E-state index contributed by atoms with van der Waals surface area (Å²) >= 11 is 0. The highest BCUT2D eigenvalue weighted by Crippen LogP contribution is 2.55. The zero-order valence-corrected chi connectivity index (χ0v) is 63.7. The Balaban J connectivity index is 0.957. The lowest BCUT2D eigenvalue weighted by atomic mass is 9.30. The van der Waals surface area contributed by atoms with Gasteiger partial charge >= 0.3 is 0 Å². The van der Waals surface area contributed by atoms with E-state index in [4.69, 9.17) is 0 Å². The highest BCUT2D eigenvalue weighted by Gasteiger charge is 2.50. The van der Waals surface area contributed by atoms with Gasteiger partial charge in [-0.3, -0.25) is 0 Å². The first kappa shape index (κ1) is 66.6. The van der Waals surface area contributed by atoms with Crippen LogP contribution in [-0.2, 0) is 16.2 Å². The minimum atomic E-state index is -0.247. The van der Waals surface area contributed by atoms with Crippen LogP contribution < -0.4 is 57.3 Å². The van der Waals surface area contributed by atoms with Gasteiger partial charge in [-0.15, -0.1) is 0 Å². The second-order valence-corrected chi connectivity index (χ2v) is 33.3.